The van der Waals surface area contributed by atoms with E-state index in [9.17, 15) is 14.4 Å². The van der Waals surface area contributed by atoms with Gasteiger partial charge < -0.3 is 24.0 Å². The van der Waals surface area contributed by atoms with E-state index in [2.05, 4.69) is 31.2 Å². The van der Waals surface area contributed by atoms with Crippen molar-refractivity contribution in [3.63, 3.8) is 0 Å². The van der Waals surface area contributed by atoms with Crippen LogP contribution in [0.1, 0.15) is 55.6 Å². The first kappa shape index (κ1) is 38.6. The van der Waals surface area contributed by atoms with Gasteiger partial charge in [-0.2, -0.15) is 0 Å². The van der Waals surface area contributed by atoms with Gasteiger partial charge in [-0.15, -0.1) is 0 Å². The van der Waals surface area contributed by atoms with E-state index in [-0.39, 0.29) is 77.0 Å². The van der Waals surface area contributed by atoms with Crippen LogP contribution in [0.2, 0.25) is 0 Å². The SMILES string of the molecule is Cc1c(C(=O)N(C)c2cc[c]cc2)cc(-c2cc3c(cc2C(=O)N2Cc4ccccc4C[C@H]2C)CN(C(=O)Oc2ccccc2)CC3)n1C.[NaH].[NaH]. The molecular formula is C41H41N4Na2O4. The predicted octanol–water partition coefficient (Wildman–Crippen LogP) is 5.92. The zero-order valence-corrected chi connectivity index (χ0v) is 28.3. The molecule has 7 rings (SSSR count). The Morgan fingerprint density at radius 3 is 2.24 bits per heavy atom. The second-order valence-electron chi connectivity index (χ2n) is 13.0. The molecule has 0 fully saturated rings. The standard InChI is InChI=1S/C41H39N4O4.2Na.2H/c1-27-21-29-13-11-12-14-31(29)26-45(27)40(47)37-23-32-25-44(41(48)49-34-17-9-6-10-18-34)20-19-30(32)22-36(37)38-24-35(28(2)42(38)3)39(46)43(4)33-15-7-5-8-16-33;;;;/h6-18,22-24,27H,19-21,25-26H2,1-4H3;;;;/t27-;;;;/m1..../s1. The minimum atomic E-state index is -0.420. The van der Waals surface area contributed by atoms with Crippen LogP contribution in [0, 0.1) is 13.0 Å². The van der Waals surface area contributed by atoms with Crippen LogP contribution in [0.4, 0.5) is 10.5 Å². The molecule has 51 heavy (non-hydrogen) atoms. The molecule has 2 aliphatic rings. The third-order valence-electron chi connectivity index (χ3n) is 9.99. The molecule has 1 atom stereocenters. The number of nitrogens with zero attached hydrogens (tertiary/aromatic N) is 4. The fraction of sp³-hybridized carbons (Fsp3) is 0.244. The molecule has 0 unspecified atom stereocenters. The Hall–Kier alpha value is -3.63. The summed E-state index contributed by atoms with van der Waals surface area (Å²) in [6.45, 7) is 5.35. The van der Waals surface area contributed by atoms with E-state index in [0.29, 0.717) is 42.9 Å². The molecule has 0 saturated carbocycles. The van der Waals surface area contributed by atoms with E-state index >= 15 is 0 Å². The molecule has 1 aromatic heterocycles. The number of carbonyl (C=O) groups excluding carboxylic acids is 3. The van der Waals surface area contributed by atoms with E-state index in [4.69, 9.17) is 4.74 Å². The van der Waals surface area contributed by atoms with Crippen LogP contribution in [-0.4, -0.2) is 111 Å². The predicted molar refractivity (Wildman–Crippen MR) is 204 cm³/mol. The number of fused-ring (bicyclic) bond motifs is 2. The fourth-order valence-electron chi connectivity index (χ4n) is 6.99. The van der Waals surface area contributed by atoms with Crippen LogP contribution in [0.25, 0.3) is 11.3 Å². The summed E-state index contributed by atoms with van der Waals surface area (Å²) in [6, 6.07) is 33.6. The second-order valence-corrected chi connectivity index (χ2v) is 13.0. The topological polar surface area (TPSA) is 75.1 Å². The van der Waals surface area contributed by atoms with Crippen LogP contribution >= 0.6 is 0 Å². The van der Waals surface area contributed by atoms with Gasteiger partial charge >= 0.3 is 65.2 Å². The maximum atomic E-state index is 14.7. The molecule has 8 nitrogen and oxygen atoms in total. The Kier molecular flexibility index (Phi) is 12.4. The Morgan fingerprint density at radius 2 is 1.51 bits per heavy atom. The molecule has 2 aliphatic heterocycles. The molecule has 5 aromatic rings. The van der Waals surface area contributed by atoms with Crippen molar-refractivity contribution < 1.29 is 19.1 Å². The van der Waals surface area contributed by atoms with Crippen molar-refractivity contribution in [2.75, 3.05) is 18.5 Å². The van der Waals surface area contributed by atoms with Gasteiger partial charge in [0, 0.05) is 68.0 Å². The van der Waals surface area contributed by atoms with Crippen molar-refractivity contribution >= 4 is 82.7 Å². The second kappa shape index (κ2) is 16.4. The Bertz CT molecular complexity index is 2070. The number of ether oxygens (including phenoxy) is 1. The number of anilines is 1. The number of aromatic nitrogens is 1. The van der Waals surface area contributed by atoms with Crippen molar-refractivity contribution in [1.82, 2.24) is 14.4 Å². The summed E-state index contributed by atoms with van der Waals surface area (Å²) < 4.78 is 7.66. The fourth-order valence-corrected chi connectivity index (χ4v) is 6.99. The molecule has 0 spiro atoms. The Labute approximate surface area is 344 Å². The monoisotopic (exact) mass is 699 g/mol. The van der Waals surface area contributed by atoms with Crippen LogP contribution in [0.5, 0.6) is 5.75 Å². The number of benzene rings is 4. The van der Waals surface area contributed by atoms with Crippen molar-refractivity contribution in [2.24, 2.45) is 7.05 Å². The third kappa shape index (κ3) is 7.77. The zero-order valence-electron chi connectivity index (χ0n) is 28.3. The molecule has 10 heteroatoms. The van der Waals surface area contributed by atoms with E-state index in [0.717, 1.165) is 45.7 Å². The van der Waals surface area contributed by atoms with Gasteiger partial charge in [-0.25, -0.2) is 4.79 Å². The first-order valence-electron chi connectivity index (χ1n) is 16.7. The quantitative estimate of drug-likeness (QED) is 0.214. The van der Waals surface area contributed by atoms with E-state index in [1.807, 2.05) is 78.0 Å². The molecule has 3 amide bonds. The minimum absolute atomic E-state index is 0. The van der Waals surface area contributed by atoms with Crippen LogP contribution in [-0.2, 0) is 33.0 Å². The van der Waals surface area contributed by atoms with Crippen LogP contribution in [0.15, 0.2) is 97.1 Å². The Balaban J connectivity index is 0.00000252. The van der Waals surface area contributed by atoms with Gasteiger partial charge in [0.1, 0.15) is 5.75 Å². The van der Waals surface area contributed by atoms with Crippen molar-refractivity contribution in [1.29, 1.82) is 0 Å². The summed E-state index contributed by atoms with van der Waals surface area (Å²) in [5.41, 5.74) is 8.65. The van der Waals surface area contributed by atoms with Crippen molar-refractivity contribution in [2.45, 2.75) is 45.8 Å². The summed E-state index contributed by atoms with van der Waals surface area (Å²) in [4.78, 5) is 47.0. The van der Waals surface area contributed by atoms with Gasteiger partial charge in [0.25, 0.3) is 11.8 Å². The summed E-state index contributed by atoms with van der Waals surface area (Å²) in [7, 11) is 3.70. The molecule has 0 N–H and O–H groups in total. The van der Waals surface area contributed by atoms with Gasteiger partial charge in [-0.05, 0) is 97.5 Å². The Morgan fingerprint density at radius 1 is 0.824 bits per heavy atom. The number of hydrogen-bond acceptors (Lipinski definition) is 4. The number of rotatable bonds is 5. The van der Waals surface area contributed by atoms with Crippen molar-refractivity contribution in [3.8, 4) is 17.0 Å². The van der Waals surface area contributed by atoms with Gasteiger partial charge in [0.15, 0.2) is 0 Å². The zero-order chi connectivity index (χ0) is 34.2. The average Bonchev–Trinajstić information content (AvgIpc) is 3.43. The molecule has 0 aliphatic carbocycles. The van der Waals surface area contributed by atoms with Crippen molar-refractivity contribution in [3.05, 3.63) is 142 Å². The summed E-state index contributed by atoms with van der Waals surface area (Å²) in [5, 5.41) is 0. The number of para-hydroxylation sites is 1. The number of hydrogen-bond donors (Lipinski definition) is 0. The molecule has 4 aromatic carbocycles. The van der Waals surface area contributed by atoms with Gasteiger partial charge in [-0.3, -0.25) is 9.59 Å². The molecule has 1 radical (unpaired) electrons. The average molecular weight is 700 g/mol. The van der Waals surface area contributed by atoms with E-state index < -0.39 is 6.09 Å². The van der Waals surface area contributed by atoms with E-state index in [1.165, 1.54) is 5.56 Å². The summed E-state index contributed by atoms with van der Waals surface area (Å²) in [6.07, 6.45) is 0.959. The number of amides is 3. The van der Waals surface area contributed by atoms with Gasteiger partial charge in [0.2, 0.25) is 0 Å². The number of carbonyl (C=O) groups is 3. The van der Waals surface area contributed by atoms with Crippen LogP contribution < -0.4 is 9.64 Å². The molecule has 0 saturated heterocycles. The third-order valence-corrected chi connectivity index (χ3v) is 9.99. The summed E-state index contributed by atoms with van der Waals surface area (Å²) in [5.74, 6) is 0.280. The first-order valence-corrected chi connectivity index (χ1v) is 16.7. The maximum absolute atomic E-state index is 14.7. The molecule has 3 heterocycles. The summed E-state index contributed by atoms with van der Waals surface area (Å²) >= 11 is 0. The van der Waals surface area contributed by atoms with Crippen LogP contribution in [0.3, 0.4) is 0 Å². The first-order chi connectivity index (χ1) is 23.7. The van der Waals surface area contributed by atoms with Gasteiger partial charge in [-0.1, -0.05) is 54.6 Å². The van der Waals surface area contributed by atoms with E-state index in [1.54, 1.807) is 41.1 Å². The molecule has 0 bridgehead atoms. The molecular weight excluding hydrogens is 658 g/mol. The normalized spacial score (nSPS) is 14.7. The van der Waals surface area contributed by atoms with Gasteiger partial charge in [0.05, 0.1) is 5.56 Å². The molecule has 251 valence electrons.